The van der Waals surface area contributed by atoms with Crippen LogP contribution in [0.2, 0.25) is 5.02 Å². The molecular formula is C15H15ClN2S. The molecule has 98 valence electrons. The molecule has 2 aromatic rings. The quantitative estimate of drug-likeness (QED) is 0.826. The number of hydrogen-bond acceptors (Lipinski definition) is 2. The van der Waals surface area contributed by atoms with Crippen molar-refractivity contribution in [3.8, 4) is 0 Å². The summed E-state index contributed by atoms with van der Waals surface area (Å²) in [6, 6.07) is 11.6. The largest absolute Gasteiger partial charge is 0.389 e. The van der Waals surface area contributed by atoms with Gasteiger partial charge in [-0.2, -0.15) is 0 Å². The molecule has 0 radical (unpaired) electrons. The van der Waals surface area contributed by atoms with Gasteiger partial charge in [-0.3, -0.25) is 0 Å². The molecule has 0 spiro atoms. The van der Waals surface area contributed by atoms with Crippen molar-refractivity contribution in [2.24, 2.45) is 5.73 Å². The van der Waals surface area contributed by atoms with Gasteiger partial charge in [-0.05, 0) is 43.2 Å². The fraction of sp³-hybridized carbons (Fsp3) is 0.133. The monoisotopic (exact) mass is 290 g/mol. The van der Waals surface area contributed by atoms with Gasteiger partial charge in [-0.15, -0.1) is 0 Å². The van der Waals surface area contributed by atoms with Gasteiger partial charge in [0.2, 0.25) is 0 Å². The Morgan fingerprint density at radius 2 is 1.84 bits per heavy atom. The number of para-hydroxylation sites is 1. The summed E-state index contributed by atoms with van der Waals surface area (Å²) in [4.78, 5) is 0.380. The standard InChI is InChI=1S/C15H15ClN2S/c1-9-5-3-6-11(15(17)19)14(9)18-13-8-4-7-12(16)10(13)2/h3-8,18H,1-2H3,(H2,17,19). The molecule has 0 aliphatic heterocycles. The molecule has 2 nitrogen and oxygen atoms in total. The average molecular weight is 291 g/mol. The molecule has 0 bridgehead atoms. The number of thiocarbonyl (C=S) groups is 1. The number of halogens is 1. The maximum Gasteiger partial charge on any atom is 0.106 e. The Labute approximate surface area is 123 Å². The highest BCUT2D eigenvalue weighted by molar-refractivity contribution is 7.80. The van der Waals surface area contributed by atoms with E-state index in [4.69, 9.17) is 29.6 Å². The zero-order valence-corrected chi connectivity index (χ0v) is 12.4. The minimum Gasteiger partial charge on any atom is -0.389 e. The third kappa shape index (κ3) is 2.88. The summed E-state index contributed by atoms with van der Waals surface area (Å²) in [5, 5.41) is 4.11. The molecular weight excluding hydrogens is 276 g/mol. The first-order chi connectivity index (χ1) is 9.00. The van der Waals surface area contributed by atoms with Gasteiger partial charge in [0.25, 0.3) is 0 Å². The molecule has 0 amide bonds. The maximum absolute atomic E-state index is 6.13. The maximum atomic E-state index is 6.13. The van der Waals surface area contributed by atoms with E-state index in [-0.39, 0.29) is 0 Å². The molecule has 19 heavy (non-hydrogen) atoms. The lowest BCUT2D eigenvalue weighted by molar-refractivity contribution is 1.38. The summed E-state index contributed by atoms with van der Waals surface area (Å²) in [7, 11) is 0. The first kappa shape index (κ1) is 13.8. The lowest BCUT2D eigenvalue weighted by atomic mass is 10.1. The van der Waals surface area contributed by atoms with E-state index in [1.807, 2.05) is 50.2 Å². The van der Waals surface area contributed by atoms with E-state index >= 15 is 0 Å². The first-order valence-corrected chi connectivity index (χ1v) is 6.71. The lowest BCUT2D eigenvalue weighted by Gasteiger charge is -2.16. The van der Waals surface area contributed by atoms with Crippen LogP contribution in [-0.2, 0) is 0 Å². The van der Waals surface area contributed by atoms with Crippen molar-refractivity contribution < 1.29 is 0 Å². The van der Waals surface area contributed by atoms with E-state index in [9.17, 15) is 0 Å². The van der Waals surface area contributed by atoms with Crippen molar-refractivity contribution in [2.45, 2.75) is 13.8 Å². The van der Waals surface area contributed by atoms with Gasteiger partial charge in [0.05, 0.1) is 5.69 Å². The van der Waals surface area contributed by atoms with Gasteiger partial charge in [-0.1, -0.05) is 42.0 Å². The van der Waals surface area contributed by atoms with Crippen LogP contribution >= 0.6 is 23.8 Å². The van der Waals surface area contributed by atoms with Crippen molar-refractivity contribution in [2.75, 3.05) is 5.32 Å². The first-order valence-electron chi connectivity index (χ1n) is 5.92. The Kier molecular flexibility index (Phi) is 4.08. The second kappa shape index (κ2) is 5.59. The zero-order valence-electron chi connectivity index (χ0n) is 10.8. The Bertz CT molecular complexity index is 638. The van der Waals surface area contributed by atoms with E-state index < -0.39 is 0 Å². The van der Waals surface area contributed by atoms with Crippen molar-refractivity contribution in [3.63, 3.8) is 0 Å². The Morgan fingerprint density at radius 3 is 2.53 bits per heavy atom. The molecule has 0 fully saturated rings. The molecule has 0 atom stereocenters. The summed E-state index contributed by atoms with van der Waals surface area (Å²) in [6.07, 6.45) is 0. The number of hydrogen-bond donors (Lipinski definition) is 2. The molecule has 2 rings (SSSR count). The van der Waals surface area contributed by atoms with E-state index in [0.29, 0.717) is 4.99 Å². The zero-order chi connectivity index (χ0) is 14.0. The summed E-state index contributed by atoms with van der Waals surface area (Å²) in [6.45, 7) is 3.99. The smallest absolute Gasteiger partial charge is 0.106 e. The second-order valence-electron chi connectivity index (χ2n) is 4.40. The normalized spacial score (nSPS) is 10.3. The second-order valence-corrected chi connectivity index (χ2v) is 5.25. The minimum atomic E-state index is 0.380. The minimum absolute atomic E-state index is 0.380. The fourth-order valence-electron chi connectivity index (χ4n) is 1.92. The van der Waals surface area contributed by atoms with Crippen molar-refractivity contribution in [3.05, 3.63) is 58.1 Å². The number of aryl methyl sites for hydroxylation is 1. The van der Waals surface area contributed by atoms with Gasteiger partial charge in [0, 0.05) is 16.3 Å². The SMILES string of the molecule is Cc1cccc(C(N)=S)c1Nc1cccc(Cl)c1C. The van der Waals surface area contributed by atoms with Crippen LogP contribution in [0.3, 0.4) is 0 Å². The van der Waals surface area contributed by atoms with E-state index in [2.05, 4.69) is 5.32 Å². The van der Waals surface area contributed by atoms with Gasteiger partial charge >= 0.3 is 0 Å². The average Bonchev–Trinajstić information content (AvgIpc) is 2.36. The van der Waals surface area contributed by atoms with Crippen LogP contribution in [0.4, 0.5) is 11.4 Å². The van der Waals surface area contributed by atoms with Crippen molar-refractivity contribution >= 4 is 40.2 Å². The fourth-order valence-corrected chi connectivity index (χ4v) is 2.26. The van der Waals surface area contributed by atoms with Gasteiger partial charge < -0.3 is 11.1 Å². The Morgan fingerprint density at radius 1 is 1.16 bits per heavy atom. The highest BCUT2D eigenvalue weighted by Crippen LogP contribution is 2.29. The summed E-state index contributed by atoms with van der Waals surface area (Å²) in [5.41, 5.74) is 10.6. The highest BCUT2D eigenvalue weighted by Gasteiger charge is 2.10. The molecule has 0 aliphatic carbocycles. The number of nitrogens with one attached hydrogen (secondary N) is 1. The molecule has 0 saturated carbocycles. The number of benzene rings is 2. The molecule has 0 unspecified atom stereocenters. The van der Waals surface area contributed by atoms with Crippen LogP contribution < -0.4 is 11.1 Å². The van der Waals surface area contributed by atoms with Crippen LogP contribution in [0.25, 0.3) is 0 Å². The Balaban J connectivity index is 2.49. The lowest BCUT2D eigenvalue weighted by Crippen LogP contribution is -2.13. The van der Waals surface area contributed by atoms with Crippen LogP contribution in [0.1, 0.15) is 16.7 Å². The number of rotatable bonds is 3. The van der Waals surface area contributed by atoms with E-state index in [1.54, 1.807) is 0 Å². The molecule has 4 heteroatoms. The van der Waals surface area contributed by atoms with Gasteiger partial charge in [-0.25, -0.2) is 0 Å². The van der Waals surface area contributed by atoms with E-state index in [1.165, 1.54) is 0 Å². The number of nitrogens with two attached hydrogens (primary N) is 1. The molecule has 3 N–H and O–H groups in total. The van der Waals surface area contributed by atoms with Crippen LogP contribution in [-0.4, -0.2) is 4.99 Å². The van der Waals surface area contributed by atoms with Crippen LogP contribution in [0.5, 0.6) is 0 Å². The van der Waals surface area contributed by atoms with Crippen molar-refractivity contribution in [1.29, 1.82) is 0 Å². The van der Waals surface area contributed by atoms with Gasteiger partial charge in [0.15, 0.2) is 0 Å². The molecule has 0 aromatic heterocycles. The molecule has 0 aliphatic rings. The summed E-state index contributed by atoms with van der Waals surface area (Å²) >= 11 is 11.2. The highest BCUT2D eigenvalue weighted by atomic mass is 35.5. The Hall–Kier alpha value is -1.58. The van der Waals surface area contributed by atoms with Gasteiger partial charge in [0.1, 0.15) is 4.99 Å². The summed E-state index contributed by atoms with van der Waals surface area (Å²) < 4.78 is 0. The van der Waals surface area contributed by atoms with Crippen LogP contribution in [0.15, 0.2) is 36.4 Å². The topological polar surface area (TPSA) is 38.0 Å². The summed E-state index contributed by atoms with van der Waals surface area (Å²) in [5.74, 6) is 0. The molecule has 0 saturated heterocycles. The third-order valence-corrected chi connectivity index (χ3v) is 3.69. The number of anilines is 2. The van der Waals surface area contributed by atoms with Crippen molar-refractivity contribution in [1.82, 2.24) is 0 Å². The predicted molar refractivity (Wildman–Crippen MR) is 86.5 cm³/mol. The molecule has 2 aromatic carbocycles. The molecule has 0 heterocycles. The predicted octanol–water partition coefficient (Wildman–Crippen LogP) is 4.33. The van der Waals surface area contributed by atoms with E-state index in [0.717, 1.165) is 33.1 Å². The van der Waals surface area contributed by atoms with Crippen LogP contribution in [0, 0.1) is 13.8 Å². The third-order valence-electron chi connectivity index (χ3n) is 3.07.